The Hall–Kier alpha value is -0.790. The summed E-state index contributed by atoms with van der Waals surface area (Å²) in [6.45, 7) is 3.73. The molecule has 0 atom stereocenters. The molecule has 1 aromatic carbocycles. The van der Waals surface area contributed by atoms with Crippen LogP contribution in [0.1, 0.15) is 16.0 Å². The predicted molar refractivity (Wildman–Crippen MR) is 108 cm³/mol. The maximum Gasteiger partial charge on any atom is 0.191 e. The van der Waals surface area contributed by atoms with Gasteiger partial charge in [-0.3, -0.25) is 4.99 Å². The molecule has 22 heavy (non-hydrogen) atoms. The molecule has 2 N–H and O–H groups in total. The lowest BCUT2D eigenvalue weighted by Gasteiger charge is -2.12. The van der Waals surface area contributed by atoms with Crippen LogP contribution >= 0.6 is 46.9 Å². The number of nitrogens with zero attached hydrogens (tertiary/aromatic N) is 1. The zero-order valence-electron chi connectivity index (χ0n) is 12.7. The smallest absolute Gasteiger partial charge is 0.191 e. The molecule has 0 unspecified atom stereocenters. The summed E-state index contributed by atoms with van der Waals surface area (Å²) in [6, 6.07) is 12.4. The second-order valence-corrected chi connectivity index (χ2v) is 6.53. The summed E-state index contributed by atoms with van der Waals surface area (Å²) in [6.07, 6.45) is 0.947. The number of aryl methyl sites for hydroxylation is 1. The summed E-state index contributed by atoms with van der Waals surface area (Å²) in [5, 5.41) is 6.65. The molecule has 2 rings (SSSR count). The first-order chi connectivity index (χ1) is 10.2. The van der Waals surface area contributed by atoms with Crippen LogP contribution in [0.3, 0.4) is 0 Å². The molecule has 120 valence electrons. The molecular weight excluding hydrogens is 429 g/mol. The predicted octanol–water partition coefficient (Wildman–Crippen LogP) is 4.24. The second-order valence-electron chi connectivity index (χ2n) is 4.73. The van der Waals surface area contributed by atoms with Gasteiger partial charge in [-0.05, 0) is 36.6 Å². The molecule has 0 radical (unpaired) electrons. The third kappa shape index (κ3) is 6.14. The molecule has 0 amide bonds. The van der Waals surface area contributed by atoms with Crippen molar-refractivity contribution in [2.75, 3.05) is 13.6 Å². The Morgan fingerprint density at radius 2 is 1.95 bits per heavy atom. The number of halogens is 2. The summed E-state index contributed by atoms with van der Waals surface area (Å²) in [4.78, 5) is 5.52. The van der Waals surface area contributed by atoms with Crippen molar-refractivity contribution in [3.8, 4) is 0 Å². The van der Waals surface area contributed by atoms with E-state index in [9.17, 15) is 0 Å². The summed E-state index contributed by atoms with van der Waals surface area (Å²) >= 11 is 7.55. The van der Waals surface area contributed by atoms with E-state index < -0.39 is 0 Å². The van der Waals surface area contributed by atoms with Crippen molar-refractivity contribution in [3.05, 3.63) is 56.7 Å². The van der Waals surface area contributed by atoms with Gasteiger partial charge in [-0.25, -0.2) is 0 Å². The van der Waals surface area contributed by atoms with Gasteiger partial charge in [-0.15, -0.1) is 35.3 Å². The summed E-state index contributed by atoms with van der Waals surface area (Å²) < 4.78 is 0.840. The van der Waals surface area contributed by atoms with E-state index in [1.54, 1.807) is 18.4 Å². The Kier molecular flexibility index (Phi) is 8.82. The number of hydrogen-bond acceptors (Lipinski definition) is 2. The van der Waals surface area contributed by atoms with E-state index in [1.165, 1.54) is 16.0 Å². The topological polar surface area (TPSA) is 36.4 Å². The molecule has 0 aliphatic carbocycles. The van der Waals surface area contributed by atoms with E-state index in [0.29, 0.717) is 0 Å². The SMILES string of the molecule is CN=C(NCCc1ccc(Cl)s1)NCc1ccccc1C.I. The molecular formula is C16H21ClIN3S. The van der Waals surface area contributed by atoms with Crippen LogP contribution in [0.5, 0.6) is 0 Å². The van der Waals surface area contributed by atoms with E-state index in [4.69, 9.17) is 11.6 Å². The highest BCUT2D eigenvalue weighted by Gasteiger charge is 2.02. The molecule has 0 aliphatic rings. The molecule has 6 heteroatoms. The molecule has 0 bridgehead atoms. The van der Waals surface area contributed by atoms with Crippen molar-refractivity contribution < 1.29 is 0 Å². The third-order valence-electron chi connectivity index (χ3n) is 3.22. The molecule has 0 saturated carbocycles. The van der Waals surface area contributed by atoms with E-state index >= 15 is 0 Å². The lowest BCUT2D eigenvalue weighted by atomic mass is 10.1. The largest absolute Gasteiger partial charge is 0.356 e. The minimum absolute atomic E-state index is 0. The van der Waals surface area contributed by atoms with Gasteiger partial charge in [0.05, 0.1) is 4.34 Å². The van der Waals surface area contributed by atoms with E-state index in [0.717, 1.165) is 29.8 Å². The molecule has 0 fully saturated rings. The highest BCUT2D eigenvalue weighted by atomic mass is 127. The van der Waals surface area contributed by atoms with Gasteiger partial charge in [-0.2, -0.15) is 0 Å². The number of thiophene rings is 1. The van der Waals surface area contributed by atoms with Crippen molar-refractivity contribution >= 4 is 52.9 Å². The van der Waals surface area contributed by atoms with Crippen LogP contribution in [-0.2, 0) is 13.0 Å². The first kappa shape index (κ1) is 19.3. The number of guanidine groups is 1. The average molecular weight is 450 g/mol. The van der Waals surface area contributed by atoms with Gasteiger partial charge in [0.15, 0.2) is 5.96 Å². The van der Waals surface area contributed by atoms with Crippen LogP contribution in [-0.4, -0.2) is 19.6 Å². The van der Waals surface area contributed by atoms with Crippen LogP contribution in [0, 0.1) is 6.92 Å². The van der Waals surface area contributed by atoms with Crippen molar-refractivity contribution in [1.29, 1.82) is 0 Å². The molecule has 0 aliphatic heterocycles. The number of aliphatic imine (C=N–C) groups is 1. The first-order valence-electron chi connectivity index (χ1n) is 6.92. The maximum absolute atomic E-state index is 5.92. The number of benzene rings is 1. The summed E-state index contributed by atoms with van der Waals surface area (Å²) in [5.74, 6) is 0.820. The second kappa shape index (κ2) is 10.1. The normalized spacial score (nSPS) is 11.0. The fourth-order valence-corrected chi connectivity index (χ4v) is 3.09. The van der Waals surface area contributed by atoms with Crippen LogP contribution in [0.15, 0.2) is 41.4 Å². The first-order valence-corrected chi connectivity index (χ1v) is 8.11. The van der Waals surface area contributed by atoms with Gasteiger partial charge in [0, 0.05) is 25.0 Å². The minimum Gasteiger partial charge on any atom is -0.356 e. The Balaban J connectivity index is 0.00000242. The summed E-state index contributed by atoms with van der Waals surface area (Å²) in [7, 11) is 1.79. The third-order valence-corrected chi connectivity index (χ3v) is 4.51. The highest BCUT2D eigenvalue weighted by molar-refractivity contribution is 14.0. The fraction of sp³-hybridized carbons (Fsp3) is 0.312. The number of nitrogens with one attached hydrogen (secondary N) is 2. The van der Waals surface area contributed by atoms with E-state index in [1.807, 2.05) is 6.07 Å². The Morgan fingerprint density at radius 1 is 1.18 bits per heavy atom. The maximum atomic E-state index is 5.92. The zero-order valence-corrected chi connectivity index (χ0v) is 16.6. The van der Waals surface area contributed by atoms with Crippen LogP contribution < -0.4 is 10.6 Å². The quantitative estimate of drug-likeness (QED) is 0.407. The van der Waals surface area contributed by atoms with Crippen LogP contribution in [0.2, 0.25) is 4.34 Å². The minimum atomic E-state index is 0. The molecule has 2 aromatic rings. The zero-order chi connectivity index (χ0) is 15.1. The molecule has 0 saturated heterocycles. The fourth-order valence-electron chi connectivity index (χ4n) is 2.00. The van der Waals surface area contributed by atoms with Crippen molar-refractivity contribution in [2.24, 2.45) is 4.99 Å². The lowest BCUT2D eigenvalue weighted by molar-refractivity contribution is 0.797. The number of rotatable bonds is 5. The van der Waals surface area contributed by atoms with Crippen LogP contribution in [0.25, 0.3) is 0 Å². The standard InChI is InChI=1S/C16H20ClN3S.HI/c1-12-5-3-4-6-13(12)11-20-16(18-2)19-10-9-14-7-8-15(17)21-14;/h3-8H,9-11H2,1-2H3,(H2,18,19,20);1H. The average Bonchev–Trinajstić information content (AvgIpc) is 2.90. The van der Waals surface area contributed by atoms with Gasteiger partial charge in [0.1, 0.15) is 0 Å². The molecule has 1 aromatic heterocycles. The monoisotopic (exact) mass is 449 g/mol. The van der Waals surface area contributed by atoms with Gasteiger partial charge in [0.25, 0.3) is 0 Å². The van der Waals surface area contributed by atoms with E-state index in [2.05, 4.69) is 52.9 Å². The lowest BCUT2D eigenvalue weighted by Crippen LogP contribution is -2.37. The molecule has 1 heterocycles. The Labute approximate surface area is 158 Å². The van der Waals surface area contributed by atoms with E-state index in [-0.39, 0.29) is 24.0 Å². The van der Waals surface area contributed by atoms with Crippen molar-refractivity contribution in [1.82, 2.24) is 10.6 Å². The van der Waals surface area contributed by atoms with Gasteiger partial charge in [-0.1, -0.05) is 35.9 Å². The Morgan fingerprint density at radius 3 is 2.59 bits per heavy atom. The van der Waals surface area contributed by atoms with Crippen molar-refractivity contribution in [2.45, 2.75) is 19.9 Å². The van der Waals surface area contributed by atoms with Gasteiger partial charge in [0.2, 0.25) is 0 Å². The van der Waals surface area contributed by atoms with Gasteiger partial charge < -0.3 is 10.6 Å². The Bertz CT molecular complexity index is 613. The van der Waals surface area contributed by atoms with Crippen molar-refractivity contribution in [3.63, 3.8) is 0 Å². The van der Waals surface area contributed by atoms with Gasteiger partial charge >= 0.3 is 0 Å². The highest BCUT2D eigenvalue weighted by Crippen LogP contribution is 2.21. The molecule has 3 nitrogen and oxygen atoms in total. The van der Waals surface area contributed by atoms with Crippen LogP contribution in [0.4, 0.5) is 0 Å². The number of hydrogen-bond donors (Lipinski definition) is 2. The summed E-state index contributed by atoms with van der Waals surface area (Å²) in [5.41, 5.74) is 2.57. The molecule has 0 spiro atoms.